The maximum absolute atomic E-state index is 7.12. The van der Waals surface area contributed by atoms with Gasteiger partial charge in [-0.05, 0) is 200 Å². The van der Waals surface area contributed by atoms with Gasteiger partial charge in [-0.1, -0.05) is 265 Å². The van der Waals surface area contributed by atoms with Gasteiger partial charge in [-0.25, -0.2) is 0 Å². The Morgan fingerprint density at radius 3 is 1.04 bits per heavy atom. The smallest absolute Gasteiger partial charge is 0.252 e. The standard InChI is InChI=1S/C88H79BN2O/c1-85(2,3)67-37-39-76-78(54-67)90(71-45-60(56-27-17-13-18-28-56)41-61(46-71)57-29-19-14-20-30-57)80-51-65(64-49-74(84-75(50-64)73-35-25-26-36-82(73)92-84)66-43-69(87(7,8)9)53-70(44-66)88(10,11)12)52-81-83(80)89(76)77-40-38-68(86(4,5)6)55-79(77)91(81)72-47-62(58-31-21-15-22-32-58)42-63(48-72)59-33-23-16-24-34-59/h13-55H,1-12H3. The molecule has 0 saturated heterocycles. The van der Waals surface area contributed by atoms with Crippen molar-refractivity contribution in [3.8, 4) is 66.8 Å². The van der Waals surface area contributed by atoms with Crippen molar-refractivity contribution in [2.24, 2.45) is 0 Å². The number of para-hydroxylation sites is 1. The van der Waals surface area contributed by atoms with Crippen LogP contribution in [-0.2, 0) is 21.7 Å². The van der Waals surface area contributed by atoms with Gasteiger partial charge in [0.2, 0.25) is 0 Å². The van der Waals surface area contributed by atoms with Crippen LogP contribution in [0.2, 0.25) is 0 Å². The Balaban J connectivity index is 1.11. The molecular weight excluding hydrogens is 1110 g/mol. The fourth-order valence-corrected chi connectivity index (χ4v) is 14.2. The lowest BCUT2D eigenvalue weighted by atomic mass is 9.33. The van der Waals surface area contributed by atoms with Crippen LogP contribution in [0.25, 0.3) is 88.7 Å². The first kappa shape index (κ1) is 58.5. The lowest BCUT2D eigenvalue weighted by Gasteiger charge is -2.45. The molecule has 15 rings (SSSR count). The molecule has 0 radical (unpaired) electrons. The van der Waals surface area contributed by atoms with E-state index in [0.717, 1.165) is 89.2 Å². The van der Waals surface area contributed by atoms with Crippen molar-refractivity contribution in [3.63, 3.8) is 0 Å². The predicted octanol–water partition coefficient (Wildman–Crippen LogP) is 22.9. The van der Waals surface area contributed by atoms with E-state index in [1.54, 1.807) is 0 Å². The number of hydrogen-bond acceptors (Lipinski definition) is 3. The third-order valence-corrected chi connectivity index (χ3v) is 19.4. The quantitative estimate of drug-likeness (QED) is 0.141. The van der Waals surface area contributed by atoms with E-state index in [1.807, 2.05) is 0 Å². The molecule has 0 spiro atoms. The normalized spacial score (nSPS) is 13.2. The molecule has 0 atom stereocenters. The molecule has 0 saturated carbocycles. The molecule has 1 aromatic heterocycles. The Hall–Kier alpha value is -9.90. The number of furan rings is 1. The van der Waals surface area contributed by atoms with Crippen LogP contribution in [0, 0.1) is 0 Å². The fraction of sp³-hybridized carbons (Fsp3) is 0.182. The number of fused-ring (bicyclic) bond motifs is 7. The van der Waals surface area contributed by atoms with Crippen molar-refractivity contribution >= 4 is 79.2 Å². The first-order chi connectivity index (χ1) is 44.1. The van der Waals surface area contributed by atoms with Gasteiger partial charge in [-0.2, -0.15) is 0 Å². The Bertz CT molecular complexity index is 4650. The highest BCUT2D eigenvalue weighted by Crippen LogP contribution is 2.51. The van der Waals surface area contributed by atoms with E-state index in [4.69, 9.17) is 4.42 Å². The van der Waals surface area contributed by atoms with Crippen LogP contribution in [0.3, 0.4) is 0 Å². The first-order valence-electron chi connectivity index (χ1n) is 32.8. The summed E-state index contributed by atoms with van der Waals surface area (Å²) in [5.41, 5.74) is 30.9. The second kappa shape index (κ2) is 21.9. The minimum atomic E-state index is -0.144. The molecule has 0 amide bonds. The van der Waals surface area contributed by atoms with Crippen molar-refractivity contribution in [1.82, 2.24) is 0 Å². The molecule has 0 aliphatic carbocycles. The van der Waals surface area contributed by atoms with Crippen LogP contribution in [0.5, 0.6) is 0 Å². The highest BCUT2D eigenvalue weighted by Gasteiger charge is 2.45. The van der Waals surface area contributed by atoms with E-state index in [0.29, 0.717) is 0 Å². The van der Waals surface area contributed by atoms with Gasteiger partial charge in [0.25, 0.3) is 6.71 Å². The van der Waals surface area contributed by atoms with Crippen molar-refractivity contribution in [2.45, 2.75) is 105 Å². The Kier molecular flexibility index (Phi) is 13.9. The summed E-state index contributed by atoms with van der Waals surface area (Å²) >= 11 is 0. The van der Waals surface area contributed by atoms with Crippen molar-refractivity contribution in [1.29, 1.82) is 0 Å². The molecule has 4 heteroatoms. The SMILES string of the molecule is CC(C)(C)c1cc(-c2cc(-c3cc4c5c(c3)N(c3cc(-c6ccccc6)cc(-c6ccccc6)c3)c3cc(C(C)(C)C)ccc3B5c3ccc(C(C)(C)C)cc3N4c3cc(-c4ccccc4)cc(-c4ccccc4)c3)cc3c2oc2ccccc23)cc(C(C)(C)C)c1. The van der Waals surface area contributed by atoms with E-state index in [2.05, 4.69) is 354 Å². The van der Waals surface area contributed by atoms with Crippen molar-refractivity contribution in [3.05, 3.63) is 283 Å². The van der Waals surface area contributed by atoms with Gasteiger partial charge in [0.1, 0.15) is 11.2 Å². The third kappa shape index (κ3) is 10.4. The molecule has 2 aliphatic heterocycles. The Morgan fingerprint density at radius 2 is 0.641 bits per heavy atom. The molecule has 12 aromatic carbocycles. The van der Waals surface area contributed by atoms with E-state index in [-0.39, 0.29) is 28.4 Å². The van der Waals surface area contributed by atoms with E-state index in [9.17, 15) is 0 Å². The van der Waals surface area contributed by atoms with Gasteiger partial charge < -0.3 is 14.2 Å². The summed E-state index contributed by atoms with van der Waals surface area (Å²) in [5, 5.41) is 2.19. The van der Waals surface area contributed by atoms with Crippen LogP contribution < -0.4 is 26.2 Å². The molecule has 92 heavy (non-hydrogen) atoms. The minimum absolute atomic E-state index is 0.103. The van der Waals surface area contributed by atoms with Gasteiger partial charge in [0, 0.05) is 50.5 Å². The molecule has 13 aromatic rings. The van der Waals surface area contributed by atoms with E-state index in [1.165, 1.54) is 72.3 Å². The average molecular weight is 1190 g/mol. The number of anilines is 6. The summed E-state index contributed by atoms with van der Waals surface area (Å²) in [4.78, 5) is 5.28. The van der Waals surface area contributed by atoms with Gasteiger partial charge in [-0.15, -0.1) is 0 Å². The average Bonchev–Trinajstić information content (AvgIpc) is 0.716. The third-order valence-electron chi connectivity index (χ3n) is 19.4. The minimum Gasteiger partial charge on any atom is -0.455 e. The highest BCUT2D eigenvalue weighted by atomic mass is 16.3. The summed E-state index contributed by atoms with van der Waals surface area (Å²) in [5.74, 6) is 0. The van der Waals surface area contributed by atoms with Crippen LogP contribution in [-0.4, -0.2) is 6.71 Å². The highest BCUT2D eigenvalue weighted by molar-refractivity contribution is 7.00. The first-order valence-corrected chi connectivity index (χ1v) is 32.8. The zero-order valence-electron chi connectivity index (χ0n) is 55.2. The lowest BCUT2D eigenvalue weighted by molar-refractivity contribution is 0.569. The monoisotopic (exact) mass is 1190 g/mol. The summed E-state index contributed by atoms with van der Waals surface area (Å²) in [7, 11) is 0. The second-order valence-electron chi connectivity index (χ2n) is 29.9. The molecule has 0 unspecified atom stereocenters. The van der Waals surface area contributed by atoms with E-state index < -0.39 is 0 Å². The maximum Gasteiger partial charge on any atom is 0.252 e. The second-order valence-corrected chi connectivity index (χ2v) is 29.9. The largest absolute Gasteiger partial charge is 0.455 e. The van der Waals surface area contributed by atoms with Crippen molar-refractivity contribution in [2.75, 3.05) is 9.80 Å². The number of benzene rings is 12. The van der Waals surface area contributed by atoms with Crippen molar-refractivity contribution < 1.29 is 4.42 Å². The van der Waals surface area contributed by atoms with Gasteiger partial charge in [-0.3, -0.25) is 0 Å². The number of rotatable bonds is 8. The summed E-state index contributed by atoms with van der Waals surface area (Å²) in [6.07, 6.45) is 0. The Morgan fingerprint density at radius 1 is 0.272 bits per heavy atom. The van der Waals surface area contributed by atoms with Gasteiger partial charge >= 0.3 is 0 Å². The van der Waals surface area contributed by atoms with E-state index >= 15 is 0 Å². The molecule has 2 aliphatic rings. The molecule has 3 nitrogen and oxygen atoms in total. The Labute approximate surface area is 544 Å². The molecule has 0 bridgehead atoms. The predicted molar refractivity (Wildman–Crippen MR) is 395 cm³/mol. The molecule has 0 N–H and O–H groups in total. The van der Waals surface area contributed by atoms with Crippen LogP contribution in [0.4, 0.5) is 34.1 Å². The van der Waals surface area contributed by atoms with Crippen LogP contribution in [0.15, 0.2) is 265 Å². The molecule has 0 fully saturated rings. The topological polar surface area (TPSA) is 19.6 Å². The zero-order chi connectivity index (χ0) is 63.6. The van der Waals surface area contributed by atoms with Gasteiger partial charge in [0.15, 0.2) is 0 Å². The summed E-state index contributed by atoms with van der Waals surface area (Å²) in [6.45, 7) is 27.9. The number of nitrogens with zero attached hydrogens (tertiary/aromatic N) is 2. The fourth-order valence-electron chi connectivity index (χ4n) is 14.2. The summed E-state index contributed by atoms with van der Waals surface area (Å²) < 4.78 is 7.12. The molecular formula is C88H79BN2O. The lowest BCUT2D eigenvalue weighted by Crippen LogP contribution is -2.61. The zero-order valence-corrected chi connectivity index (χ0v) is 55.2. The maximum atomic E-state index is 7.12. The molecule has 450 valence electrons. The van der Waals surface area contributed by atoms with Gasteiger partial charge in [0.05, 0.1) is 0 Å². The van der Waals surface area contributed by atoms with Crippen LogP contribution >= 0.6 is 0 Å². The summed E-state index contributed by atoms with van der Waals surface area (Å²) in [6, 6.07) is 98.8. The number of hydrogen-bond donors (Lipinski definition) is 0. The van der Waals surface area contributed by atoms with Crippen LogP contribution in [0.1, 0.15) is 105 Å². The molecule has 3 heterocycles.